The van der Waals surface area contributed by atoms with Crippen molar-refractivity contribution in [3.05, 3.63) is 64.2 Å². The van der Waals surface area contributed by atoms with Gasteiger partial charge in [-0.2, -0.15) is 4.31 Å². The number of nitro benzene ring substituents is 1. The molecule has 2 aromatic rings. The SMILES string of the molecule is Cc1ccc(S(=O)(=O)N2CCCN(C(C)C(=O)Nc3cccc([N+](=O)[O-])c3)CC2)cc1. The van der Waals surface area contributed by atoms with Gasteiger partial charge in [-0.3, -0.25) is 19.8 Å². The lowest BCUT2D eigenvalue weighted by atomic mass is 10.2. The molecule has 1 atom stereocenters. The summed E-state index contributed by atoms with van der Waals surface area (Å²) in [5, 5.41) is 13.6. The van der Waals surface area contributed by atoms with Crippen molar-refractivity contribution in [2.24, 2.45) is 0 Å². The number of sulfonamides is 1. The van der Waals surface area contributed by atoms with E-state index in [0.29, 0.717) is 31.7 Å². The van der Waals surface area contributed by atoms with E-state index in [1.807, 2.05) is 11.8 Å². The molecule has 9 nitrogen and oxygen atoms in total. The van der Waals surface area contributed by atoms with Crippen LogP contribution in [0.25, 0.3) is 0 Å². The van der Waals surface area contributed by atoms with E-state index in [-0.39, 0.29) is 23.0 Å². The number of nitrogens with zero attached hydrogens (tertiary/aromatic N) is 3. The highest BCUT2D eigenvalue weighted by molar-refractivity contribution is 7.89. The molecule has 0 aliphatic carbocycles. The van der Waals surface area contributed by atoms with Crippen molar-refractivity contribution in [2.45, 2.75) is 31.2 Å². The van der Waals surface area contributed by atoms with Crippen molar-refractivity contribution < 1.29 is 18.1 Å². The van der Waals surface area contributed by atoms with Crippen molar-refractivity contribution in [1.82, 2.24) is 9.21 Å². The zero-order valence-corrected chi connectivity index (χ0v) is 18.3. The highest BCUT2D eigenvalue weighted by Crippen LogP contribution is 2.20. The van der Waals surface area contributed by atoms with Crippen LogP contribution in [-0.2, 0) is 14.8 Å². The first-order valence-corrected chi connectivity index (χ1v) is 11.5. The maximum absolute atomic E-state index is 13.0. The number of aryl methyl sites for hydroxylation is 1. The number of hydrogen-bond acceptors (Lipinski definition) is 6. The van der Waals surface area contributed by atoms with Gasteiger partial charge >= 0.3 is 0 Å². The highest BCUT2D eigenvalue weighted by Gasteiger charge is 2.30. The molecule has 0 saturated carbocycles. The van der Waals surface area contributed by atoms with Gasteiger partial charge in [-0.25, -0.2) is 8.42 Å². The number of anilines is 1. The van der Waals surface area contributed by atoms with E-state index < -0.39 is 21.0 Å². The zero-order chi connectivity index (χ0) is 22.6. The monoisotopic (exact) mass is 446 g/mol. The second-order valence-corrected chi connectivity index (χ2v) is 9.52. The van der Waals surface area contributed by atoms with Crippen LogP contribution in [0, 0.1) is 17.0 Å². The third-order valence-corrected chi connectivity index (χ3v) is 7.31. The summed E-state index contributed by atoms with van der Waals surface area (Å²) in [5.41, 5.74) is 1.24. The number of nitro groups is 1. The molecule has 1 saturated heterocycles. The molecule has 10 heteroatoms. The molecule has 1 heterocycles. The average molecular weight is 447 g/mol. The highest BCUT2D eigenvalue weighted by atomic mass is 32.2. The number of hydrogen-bond donors (Lipinski definition) is 1. The molecule has 166 valence electrons. The first-order chi connectivity index (χ1) is 14.7. The summed E-state index contributed by atoms with van der Waals surface area (Å²) in [6.07, 6.45) is 0.597. The first kappa shape index (κ1) is 22.9. The minimum atomic E-state index is -3.59. The number of carbonyl (C=O) groups is 1. The van der Waals surface area contributed by atoms with Crippen LogP contribution in [0.3, 0.4) is 0 Å². The van der Waals surface area contributed by atoms with Crippen LogP contribution in [0.2, 0.25) is 0 Å². The van der Waals surface area contributed by atoms with Crippen LogP contribution in [-0.4, -0.2) is 60.7 Å². The fraction of sp³-hybridized carbons (Fsp3) is 0.381. The summed E-state index contributed by atoms with van der Waals surface area (Å²) < 4.78 is 27.4. The van der Waals surface area contributed by atoms with E-state index in [1.165, 1.54) is 22.5 Å². The molecule has 0 bridgehead atoms. The fourth-order valence-corrected chi connectivity index (χ4v) is 4.98. The topological polar surface area (TPSA) is 113 Å². The quantitative estimate of drug-likeness (QED) is 0.539. The van der Waals surface area contributed by atoms with E-state index in [0.717, 1.165) is 5.56 Å². The molecule has 0 radical (unpaired) electrons. The molecule has 1 unspecified atom stereocenters. The van der Waals surface area contributed by atoms with Crippen molar-refractivity contribution in [3.8, 4) is 0 Å². The van der Waals surface area contributed by atoms with Gasteiger partial charge < -0.3 is 5.32 Å². The Morgan fingerprint density at radius 3 is 2.48 bits per heavy atom. The van der Waals surface area contributed by atoms with Gasteiger partial charge in [0, 0.05) is 44.0 Å². The van der Waals surface area contributed by atoms with E-state index in [1.54, 1.807) is 37.3 Å². The Morgan fingerprint density at radius 2 is 1.81 bits per heavy atom. The maximum Gasteiger partial charge on any atom is 0.271 e. The Hall–Kier alpha value is -2.82. The lowest BCUT2D eigenvalue weighted by Gasteiger charge is -2.27. The van der Waals surface area contributed by atoms with Crippen molar-refractivity contribution in [2.75, 3.05) is 31.5 Å². The average Bonchev–Trinajstić information content (AvgIpc) is 3.00. The molecule has 1 N–H and O–H groups in total. The second kappa shape index (κ2) is 9.54. The molecule has 1 fully saturated rings. The molecule has 31 heavy (non-hydrogen) atoms. The van der Waals surface area contributed by atoms with Crippen LogP contribution in [0.4, 0.5) is 11.4 Å². The minimum absolute atomic E-state index is 0.0998. The third kappa shape index (κ3) is 5.46. The van der Waals surface area contributed by atoms with Gasteiger partial charge in [0.1, 0.15) is 0 Å². The number of benzene rings is 2. The number of carbonyl (C=O) groups excluding carboxylic acids is 1. The van der Waals surface area contributed by atoms with Gasteiger partial charge in [-0.1, -0.05) is 23.8 Å². The normalized spacial score (nSPS) is 17.0. The zero-order valence-electron chi connectivity index (χ0n) is 17.5. The predicted molar refractivity (Wildman–Crippen MR) is 117 cm³/mol. The minimum Gasteiger partial charge on any atom is -0.324 e. The molecular formula is C21H26N4O5S. The van der Waals surface area contributed by atoms with E-state index >= 15 is 0 Å². The van der Waals surface area contributed by atoms with Crippen molar-refractivity contribution >= 4 is 27.3 Å². The third-order valence-electron chi connectivity index (χ3n) is 5.40. The fourth-order valence-electron chi connectivity index (χ4n) is 3.51. The summed E-state index contributed by atoms with van der Waals surface area (Å²) >= 11 is 0. The van der Waals surface area contributed by atoms with Crippen LogP contribution in [0.5, 0.6) is 0 Å². The van der Waals surface area contributed by atoms with Crippen LogP contribution < -0.4 is 5.32 Å². The summed E-state index contributed by atoms with van der Waals surface area (Å²) in [5.74, 6) is -0.296. The van der Waals surface area contributed by atoms with E-state index in [4.69, 9.17) is 0 Å². The van der Waals surface area contributed by atoms with Crippen molar-refractivity contribution in [1.29, 1.82) is 0 Å². The van der Waals surface area contributed by atoms with Gasteiger partial charge in [0.05, 0.1) is 15.9 Å². The Balaban J connectivity index is 1.64. The van der Waals surface area contributed by atoms with Crippen LogP contribution in [0.15, 0.2) is 53.4 Å². The summed E-state index contributed by atoms with van der Waals surface area (Å²) in [7, 11) is -3.59. The smallest absolute Gasteiger partial charge is 0.271 e. The lowest BCUT2D eigenvalue weighted by Crippen LogP contribution is -2.44. The van der Waals surface area contributed by atoms with Gasteiger partial charge in [0.15, 0.2) is 0 Å². The molecule has 0 spiro atoms. The molecule has 2 aromatic carbocycles. The largest absolute Gasteiger partial charge is 0.324 e. The van der Waals surface area contributed by atoms with E-state index in [9.17, 15) is 23.3 Å². The Kier molecular flexibility index (Phi) is 7.04. The number of nitrogens with one attached hydrogen (secondary N) is 1. The molecule has 1 aliphatic rings. The van der Waals surface area contributed by atoms with Crippen molar-refractivity contribution in [3.63, 3.8) is 0 Å². The number of amides is 1. The molecule has 3 rings (SSSR count). The molecule has 0 aromatic heterocycles. The Labute approximate surface area is 181 Å². The maximum atomic E-state index is 13.0. The summed E-state index contributed by atoms with van der Waals surface area (Å²) in [6.45, 7) is 5.30. The lowest BCUT2D eigenvalue weighted by molar-refractivity contribution is -0.384. The predicted octanol–water partition coefficient (Wildman–Crippen LogP) is 2.63. The van der Waals surface area contributed by atoms with Gasteiger partial charge in [-0.15, -0.1) is 0 Å². The summed E-state index contributed by atoms with van der Waals surface area (Å²) in [4.78, 5) is 25.3. The second-order valence-electron chi connectivity index (χ2n) is 7.58. The molecule has 1 amide bonds. The molecular weight excluding hydrogens is 420 g/mol. The summed E-state index contributed by atoms with van der Waals surface area (Å²) in [6, 6.07) is 12.0. The Morgan fingerprint density at radius 1 is 1.10 bits per heavy atom. The first-order valence-electron chi connectivity index (χ1n) is 10.0. The Bertz CT molecular complexity index is 1060. The van der Waals surface area contributed by atoms with Crippen LogP contribution >= 0.6 is 0 Å². The number of non-ortho nitro benzene ring substituents is 1. The number of rotatable bonds is 6. The van der Waals surface area contributed by atoms with Gasteiger partial charge in [0.25, 0.3) is 5.69 Å². The van der Waals surface area contributed by atoms with Crippen LogP contribution in [0.1, 0.15) is 18.9 Å². The van der Waals surface area contributed by atoms with Gasteiger partial charge in [0.2, 0.25) is 15.9 Å². The standard InChI is InChI=1S/C21H26N4O5S/c1-16-7-9-20(10-8-16)31(29,30)24-12-4-11-23(13-14-24)17(2)21(26)22-18-5-3-6-19(15-18)25(27)28/h3,5-10,15,17H,4,11-14H2,1-2H3,(H,22,26). The van der Waals surface area contributed by atoms with E-state index in [2.05, 4.69) is 5.32 Å². The molecule has 1 aliphatic heterocycles. The van der Waals surface area contributed by atoms with Gasteiger partial charge in [-0.05, 0) is 38.5 Å².